The van der Waals surface area contributed by atoms with E-state index in [1.807, 2.05) is 13.8 Å². The summed E-state index contributed by atoms with van der Waals surface area (Å²) in [5.74, 6) is -1.70. The van der Waals surface area contributed by atoms with Crippen molar-refractivity contribution in [2.45, 2.75) is 33.6 Å². The van der Waals surface area contributed by atoms with Gasteiger partial charge in [-0.05, 0) is 19.4 Å². The van der Waals surface area contributed by atoms with Crippen LogP contribution in [0.25, 0.3) is 0 Å². The number of carbonyl (C=O) groups is 1. The molecule has 32 heavy (non-hydrogen) atoms. The van der Waals surface area contributed by atoms with Gasteiger partial charge in [0, 0.05) is 28.9 Å². The molecule has 2 aliphatic heterocycles. The number of ether oxygens (including phenoxy) is 1. The van der Waals surface area contributed by atoms with Crippen LogP contribution in [0.2, 0.25) is 0 Å². The minimum atomic E-state index is -3.86. The Morgan fingerprint density at radius 1 is 1.31 bits per heavy atom. The van der Waals surface area contributed by atoms with Gasteiger partial charge in [0.2, 0.25) is 0 Å². The van der Waals surface area contributed by atoms with Gasteiger partial charge in [0.1, 0.15) is 6.61 Å². The van der Waals surface area contributed by atoms with Gasteiger partial charge >= 0.3 is 13.6 Å². The molecule has 1 aromatic carbocycles. The molecule has 1 atom stereocenters. The molecule has 2 N–H and O–H groups in total. The van der Waals surface area contributed by atoms with Crippen LogP contribution in [-0.4, -0.2) is 42.4 Å². The molecule has 0 aliphatic carbocycles. The van der Waals surface area contributed by atoms with Crippen LogP contribution in [0.3, 0.4) is 0 Å². The van der Waals surface area contributed by atoms with Crippen molar-refractivity contribution in [3.8, 4) is 0 Å². The molecular formula is C21H27N2O8P. The van der Waals surface area contributed by atoms with E-state index in [-0.39, 0.29) is 48.4 Å². The maximum absolute atomic E-state index is 13.9. The van der Waals surface area contributed by atoms with Crippen molar-refractivity contribution in [2.75, 3.05) is 26.4 Å². The van der Waals surface area contributed by atoms with Crippen molar-refractivity contribution >= 4 is 19.3 Å². The van der Waals surface area contributed by atoms with Crippen LogP contribution in [0, 0.1) is 15.5 Å². The van der Waals surface area contributed by atoms with Crippen molar-refractivity contribution in [1.82, 2.24) is 5.32 Å². The molecular weight excluding hydrogens is 439 g/mol. The number of benzene rings is 1. The molecule has 1 fully saturated rings. The van der Waals surface area contributed by atoms with E-state index in [1.54, 1.807) is 19.9 Å². The highest BCUT2D eigenvalue weighted by atomic mass is 31.2. The zero-order chi connectivity index (χ0) is 23.7. The molecule has 11 heteroatoms. The van der Waals surface area contributed by atoms with Crippen molar-refractivity contribution < 1.29 is 33.2 Å². The number of esters is 1. The van der Waals surface area contributed by atoms with Gasteiger partial charge < -0.3 is 24.2 Å². The highest BCUT2D eigenvalue weighted by Crippen LogP contribution is 2.66. The number of allylic oxidation sites excluding steroid dienone is 3. The quantitative estimate of drug-likeness (QED) is 0.279. The summed E-state index contributed by atoms with van der Waals surface area (Å²) in [6, 6.07) is 5.77. The molecule has 10 nitrogen and oxygen atoms in total. The standard InChI is InChI=1S/C21H27N2O8P/c1-13-17(20(25)29-9-8-24)18(15-6-5-7-16(10-15)23(26)27)19(14(2)22-13)32(28)30-11-21(3,4)12-31-32/h5-7,10,18,22,24H,8-9,11-12H2,1-4H3. The number of nitro groups is 1. The summed E-state index contributed by atoms with van der Waals surface area (Å²) in [5, 5.41) is 23.7. The first kappa shape index (κ1) is 24.1. The Balaban J connectivity index is 2.17. The Hall–Kier alpha value is -2.52. The van der Waals surface area contributed by atoms with Crippen LogP contribution < -0.4 is 5.32 Å². The maximum atomic E-state index is 13.9. The number of dihydropyridines is 1. The second-order valence-corrected chi connectivity index (χ2v) is 10.5. The zero-order valence-corrected chi connectivity index (χ0v) is 19.3. The van der Waals surface area contributed by atoms with Crippen molar-refractivity contribution in [1.29, 1.82) is 0 Å². The second kappa shape index (κ2) is 9.15. The lowest BCUT2D eigenvalue weighted by atomic mass is 9.86. The molecule has 1 aromatic rings. The number of carbonyl (C=O) groups excluding carboxylic acids is 1. The van der Waals surface area contributed by atoms with Crippen molar-refractivity contribution in [3.63, 3.8) is 0 Å². The maximum Gasteiger partial charge on any atom is 0.360 e. The lowest BCUT2D eigenvalue weighted by Gasteiger charge is -2.39. The van der Waals surface area contributed by atoms with E-state index < -0.39 is 24.4 Å². The number of hydrogen-bond acceptors (Lipinski definition) is 9. The van der Waals surface area contributed by atoms with Gasteiger partial charge in [-0.25, -0.2) is 4.79 Å². The lowest BCUT2D eigenvalue weighted by molar-refractivity contribution is -0.384. The van der Waals surface area contributed by atoms with E-state index in [9.17, 15) is 19.5 Å². The van der Waals surface area contributed by atoms with Gasteiger partial charge in [-0.2, -0.15) is 0 Å². The summed E-state index contributed by atoms with van der Waals surface area (Å²) in [6.07, 6.45) is 0. The first-order valence-corrected chi connectivity index (χ1v) is 11.6. The summed E-state index contributed by atoms with van der Waals surface area (Å²) in [4.78, 5) is 23.8. The third-order valence-electron chi connectivity index (χ3n) is 5.23. The van der Waals surface area contributed by atoms with Crippen LogP contribution in [0.5, 0.6) is 0 Å². The number of aliphatic hydroxyl groups is 1. The fourth-order valence-electron chi connectivity index (χ4n) is 3.71. The van der Waals surface area contributed by atoms with E-state index in [4.69, 9.17) is 18.9 Å². The number of rotatable bonds is 6. The molecule has 0 radical (unpaired) electrons. The van der Waals surface area contributed by atoms with Crippen molar-refractivity contribution in [3.05, 3.63) is 62.2 Å². The lowest BCUT2D eigenvalue weighted by Crippen LogP contribution is -2.34. The van der Waals surface area contributed by atoms with Gasteiger partial charge in [0.05, 0.1) is 41.5 Å². The average Bonchev–Trinajstić information content (AvgIpc) is 2.74. The minimum Gasteiger partial charge on any atom is -0.460 e. The van der Waals surface area contributed by atoms with Crippen LogP contribution in [-0.2, 0) is 23.1 Å². The topological polar surface area (TPSA) is 137 Å². The number of nitrogens with zero attached hydrogens (tertiary/aromatic N) is 1. The molecule has 1 saturated heterocycles. The number of hydrogen-bond donors (Lipinski definition) is 2. The molecule has 3 rings (SSSR count). The Morgan fingerprint density at radius 2 is 1.97 bits per heavy atom. The Morgan fingerprint density at radius 3 is 2.56 bits per heavy atom. The molecule has 174 valence electrons. The smallest absolute Gasteiger partial charge is 0.360 e. The highest BCUT2D eigenvalue weighted by Gasteiger charge is 2.48. The molecule has 0 bridgehead atoms. The van der Waals surface area contributed by atoms with Crippen LogP contribution in [0.15, 0.2) is 46.5 Å². The third kappa shape index (κ3) is 4.78. The highest BCUT2D eigenvalue weighted by molar-refractivity contribution is 7.58. The summed E-state index contributed by atoms with van der Waals surface area (Å²) in [7, 11) is -3.86. The van der Waals surface area contributed by atoms with Gasteiger partial charge in [0.25, 0.3) is 5.69 Å². The number of nitrogens with one attached hydrogen (secondary N) is 1. The molecule has 0 amide bonds. The average molecular weight is 466 g/mol. The molecule has 0 aromatic heterocycles. The van der Waals surface area contributed by atoms with E-state index in [0.29, 0.717) is 17.0 Å². The SMILES string of the molecule is CC1=C(C(=O)OCCO)C(c2cccc([N+](=O)[O-])c2)C(P2(=O)OCC(C)(C)CO2)=C(C)N1. The minimum absolute atomic E-state index is 0.117. The van der Waals surface area contributed by atoms with Gasteiger partial charge in [0.15, 0.2) is 0 Å². The van der Waals surface area contributed by atoms with E-state index >= 15 is 0 Å². The number of aliphatic hydroxyl groups excluding tert-OH is 1. The summed E-state index contributed by atoms with van der Waals surface area (Å²) >= 11 is 0. The fraction of sp³-hybridized carbons (Fsp3) is 0.476. The van der Waals surface area contributed by atoms with Gasteiger partial charge in [-0.3, -0.25) is 14.7 Å². The van der Waals surface area contributed by atoms with E-state index in [0.717, 1.165) is 0 Å². The normalized spacial score (nSPS) is 22.3. The monoisotopic (exact) mass is 466 g/mol. The number of nitro benzene ring substituents is 1. The molecule has 2 aliphatic rings. The predicted octanol–water partition coefficient (Wildman–Crippen LogP) is 3.59. The van der Waals surface area contributed by atoms with E-state index in [2.05, 4.69) is 5.32 Å². The Kier molecular flexibility index (Phi) is 6.90. The third-order valence-corrected chi connectivity index (χ3v) is 7.35. The fourth-order valence-corrected chi connectivity index (χ4v) is 6.17. The van der Waals surface area contributed by atoms with Crippen LogP contribution in [0.1, 0.15) is 39.2 Å². The first-order valence-electron chi connectivity index (χ1n) is 10.1. The molecule has 1 unspecified atom stereocenters. The molecule has 2 heterocycles. The summed E-state index contributed by atoms with van der Waals surface area (Å²) in [6.45, 7) is 6.92. The van der Waals surface area contributed by atoms with Gasteiger partial charge in [-0.15, -0.1) is 0 Å². The second-order valence-electron chi connectivity index (χ2n) is 8.53. The van der Waals surface area contributed by atoms with Gasteiger partial charge in [-0.1, -0.05) is 26.0 Å². The van der Waals surface area contributed by atoms with Crippen LogP contribution in [0.4, 0.5) is 5.69 Å². The zero-order valence-electron chi connectivity index (χ0n) is 18.4. The largest absolute Gasteiger partial charge is 0.460 e. The predicted molar refractivity (Wildman–Crippen MR) is 116 cm³/mol. The molecule has 0 spiro atoms. The van der Waals surface area contributed by atoms with Crippen molar-refractivity contribution in [2.24, 2.45) is 5.41 Å². The first-order chi connectivity index (χ1) is 15.0. The van der Waals surface area contributed by atoms with E-state index in [1.165, 1.54) is 18.2 Å². The number of non-ortho nitro benzene ring substituents is 1. The molecule has 0 saturated carbocycles. The Labute approximate surface area is 185 Å². The summed E-state index contributed by atoms with van der Waals surface area (Å²) < 4.78 is 30.5. The Bertz CT molecular complexity index is 1030. The van der Waals surface area contributed by atoms with Crippen LogP contribution >= 0.6 is 7.60 Å². The summed E-state index contributed by atoms with van der Waals surface area (Å²) in [5.41, 5.74) is 0.878.